The highest BCUT2D eigenvalue weighted by Crippen LogP contribution is 2.34. The Morgan fingerprint density at radius 3 is 2.39 bits per heavy atom. The molecular formula is C24H23N3O5S. The van der Waals surface area contributed by atoms with E-state index >= 15 is 0 Å². The molecule has 0 saturated heterocycles. The van der Waals surface area contributed by atoms with Crippen LogP contribution in [0.1, 0.15) is 5.56 Å². The summed E-state index contributed by atoms with van der Waals surface area (Å²) in [6.45, 7) is -0.0398. The van der Waals surface area contributed by atoms with Crippen molar-refractivity contribution in [1.82, 2.24) is 5.32 Å². The first-order valence-electron chi connectivity index (χ1n) is 10.4. The molecule has 170 valence electrons. The van der Waals surface area contributed by atoms with E-state index in [1.165, 1.54) is 23.1 Å². The molecule has 0 radical (unpaired) electrons. The molecule has 3 aromatic carbocycles. The number of nitrogens with one attached hydrogen (secondary N) is 2. The van der Waals surface area contributed by atoms with Gasteiger partial charge < -0.3 is 10.1 Å². The Balaban J connectivity index is 1.48. The van der Waals surface area contributed by atoms with Gasteiger partial charge in [-0.2, -0.15) is 0 Å². The third-order valence-corrected chi connectivity index (χ3v) is 6.47. The summed E-state index contributed by atoms with van der Waals surface area (Å²) in [5.74, 6) is -0.431. The minimum Gasteiger partial charge on any atom is -0.482 e. The normalized spacial score (nSPS) is 13.1. The number of ether oxygens (including phenoxy) is 1. The number of carbonyl (C=O) groups excluding carboxylic acids is 2. The van der Waals surface area contributed by atoms with Crippen LogP contribution in [0.15, 0.2) is 83.8 Å². The minimum atomic E-state index is -3.91. The lowest BCUT2D eigenvalue weighted by molar-refractivity contribution is -0.125. The first kappa shape index (κ1) is 22.3. The molecule has 3 aromatic rings. The second-order valence-electron chi connectivity index (χ2n) is 7.46. The van der Waals surface area contributed by atoms with Gasteiger partial charge in [-0.1, -0.05) is 48.5 Å². The van der Waals surface area contributed by atoms with Crippen molar-refractivity contribution < 1.29 is 22.7 Å². The fourth-order valence-electron chi connectivity index (χ4n) is 3.43. The minimum absolute atomic E-state index is 0.0436. The van der Waals surface area contributed by atoms with Crippen molar-refractivity contribution in [1.29, 1.82) is 0 Å². The Morgan fingerprint density at radius 1 is 0.970 bits per heavy atom. The summed E-state index contributed by atoms with van der Waals surface area (Å²) < 4.78 is 33.6. The summed E-state index contributed by atoms with van der Waals surface area (Å²) in [6.07, 6.45) is 0.660. The number of hydrogen-bond donors (Lipinski definition) is 2. The number of anilines is 2. The molecule has 1 aliphatic rings. The molecule has 33 heavy (non-hydrogen) atoms. The van der Waals surface area contributed by atoms with Gasteiger partial charge in [0.2, 0.25) is 5.91 Å². The maximum Gasteiger partial charge on any atom is 0.265 e. The average molecular weight is 466 g/mol. The molecule has 2 N–H and O–H groups in total. The van der Waals surface area contributed by atoms with Crippen LogP contribution in [0, 0.1) is 0 Å². The van der Waals surface area contributed by atoms with Gasteiger partial charge in [0.05, 0.1) is 10.6 Å². The van der Waals surface area contributed by atoms with Gasteiger partial charge in [-0.25, -0.2) is 8.42 Å². The Bertz CT molecular complexity index is 1250. The van der Waals surface area contributed by atoms with Crippen molar-refractivity contribution in [3.05, 3.63) is 84.4 Å². The van der Waals surface area contributed by atoms with Crippen LogP contribution in [0.25, 0.3) is 0 Å². The van der Waals surface area contributed by atoms with Crippen molar-refractivity contribution in [2.24, 2.45) is 0 Å². The molecule has 0 fully saturated rings. The average Bonchev–Trinajstić information content (AvgIpc) is 2.82. The standard InChI is InChI=1S/C24H23N3O5S/c28-23(25-14-13-18-7-3-1-4-8-18)16-27-21-15-20(11-12-22(21)32-17-24(27)29)33(30,31)26-19-9-5-2-6-10-19/h1-12,15,26H,13-14,16-17H2,(H,25,28). The monoisotopic (exact) mass is 465 g/mol. The van der Waals surface area contributed by atoms with Gasteiger partial charge in [0.25, 0.3) is 15.9 Å². The lowest BCUT2D eigenvalue weighted by atomic mass is 10.1. The molecule has 0 bridgehead atoms. The van der Waals surface area contributed by atoms with Crippen molar-refractivity contribution in [3.8, 4) is 5.75 Å². The zero-order valence-corrected chi connectivity index (χ0v) is 18.5. The second kappa shape index (κ2) is 9.74. The number of amides is 2. The summed E-state index contributed by atoms with van der Waals surface area (Å²) in [5.41, 5.74) is 1.74. The Morgan fingerprint density at radius 2 is 1.67 bits per heavy atom. The number of carbonyl (C=O) groups is 2. The summed E-state index contributed by atoms with van der Waals surface area (Å²) in [7, 11) is -3.91. The molecule has 0 saturated carbocycles. The van der Waals surface area contributed by atoms with Crippen molar-refractivity contribution in [2.45, 2.75) is 11.3 Å². The lowest BCUT2D eigenvalue weighted by Gasteiger charge is -2.29. The van der Waals surface area contributed by atoms with E-state index in [-0.39, 0.29) is 29.6 Å². The molecule has 1 aliphatic heterocycles. The number of nitrogens with zero attached hydrogens (tertiary/aromatic N) is 1. The highest BCUT2D eigenvalue weighted by Gasteiger charge is 2.29. The molecule has 8 nitrogen and oxygen atoms in total. The number of fused-ring (bicyclic) bond motifs is 1. The maximum atomic E-state index is 12.8. The molecule has 0 atom stereocenters. The fraction of sp³-hybridized carbons (Fsp3) is 0.167. The van der Waals surface area contributed by atoms with E-state index in [0.29, 0.717) is 24.4 Å². The zero-order valence-electron chi connectivity index (χ0n) is 17.7. The molecule has 4 rings (SSSR count). The van der Waals surface area contributed by atoms with Gasteiger partial charge >= 0.3 is 0 Å². The van der Waals surface area contributed by atoms with E-state index in [1.54, 1.807) is 30.3 Å². The van der Waals surface area contributed by atoms with E-state index in [4.69, 9.17) is 4.74 Å². The van der Waals surface area contributed by atoms with Gasteiger partial charge in [0.1, 0.15) is 12.3 Å². The summed E-state index contributed by atoms with van der Waals surface area (Å²) in [5, 5.41) is 2.80. The van der Waals surface area contributed by atoms with E-state index < -0.39 is 15.9 Å². The summed E-state index contributed by atoms with van der Waals surface area (Å²) in [6, 6.07) is 22.4. The molecular weight excluding hydrogens is 442 g/mol. The SMILES string of the molecule is O=C(CN1C(=O)COc2ccc(S(=O)(=O)Nc3ccccc3)cc21)NCCc1ccccc1. The Hall–Kier alpha value is -3.85. The number of para-hydroxylation sites is 1. The van der Waals surface area contributed by atoms with Crippen LogP contribution in [-0.2, 0) is 26.0 Å². The summed E-state index contributed by atoms with van der Waals surface area (Å²) >= 11 is 0. The molecule has 0 aromatic heterocycles. The van der Waals surface area contributed by atoms with Crippen molar-refractivity contribution >= 4 is 33.2 Å². The zero-order chi connectivity index (χ0) is 23.3. The molecule has 0 unspecified atom stereocenters. The first-order valence-corrected chi connectivity index (χ1v) is 11.9. The van der Waals surface area contributed by atoms with Crippen LogP contribution >= 0.6 is 0 Å². The predicted molar refractivity (Wildman–Crippen MR) is 125 cm³/mol. The third-order valence-electron chi connectivity index (χ3n) is 5.09. The van der Waals surface area contributed by atoms with E-state index in [2.05, 4.69) is 10.0 Å². The smallest absolute Gasteiger partial charge is 0.265 e. The van der Waals surface area contributed by atoms with Crippen molar-refractivity contribution in [2.75, 3.05) is 29.3 Å². The lowest BCUT2D eigenvalue weighted by Crippen LogP contribution is -2.45. The van der Waals surface area contributed by atoms with Crippen LogP contribution in [-0.4, -0.2) is 39.9 Å². The van der Waals surface area contributed by atoms with Gasteiger partial charge in [-0.3, -0.25) is 19.2 Å². The number of benzene rings is 3. The number of hydrogen-bond acceptors (Lipinski definition) is 5. The third kappa shape index (κ3) is 5.50. The number of sulfonamides is 1. The maximum absolute atomic E-state index is 12.8. The second-order valence-corrected chi connectivity index (χ2v) is 9.14. The van der Waals surface area contributed by atoms with E-state index in [0.717, 1.165) is 5.56 Å². The van der Waals surface area contributed by atoms with Crippen molar-refractivity contribution in [3.63, 3.8) is 0 Å². The van der Waals surface area contributed by atoms with Gasteiger partial charge in [-0.05, 0) is 42.3 Å². The van der Waals surface area contributed by atoms with Gasteiger partial charge in [-0.15, -0.1) is 0 Å². The van der Waals surface area contributed by atoms with Gasteiger partial charge in [0.15, 0.2) is 6.61 Å². The summed E-state index contributed by atoms with van der Waals surface area (Å²) in [4.78, 5) is 26.2. The fourth-order valence-corrected chi connectivity index (χ4v) is 4.51. The molecule has 1 heterocycles. The Labute approximate surface area is 192 Å². The molecule has 2 amide bonds. The molecule has 0 aliphatic carbocycles. The van der Waals surface area contributed by atoms with E-state index in [1.807, 2.05) is 30.3 Å². The largest absolute Gasteiger partial charge is 0.482 e. The quantitative estimate of drug-likeness (QED) is 0.532. The van der Waals surface area contributed by atoms with Crippen LogP contribution in [0.4, 0.5) is 11.4 Å². The Kier molecular flexibility index (Phi) is 6.60. The van der Waals surface area contributed by atoms with Crippen LogP contribution < -0.4 is 19.7 Å². The highest BCUT2D eigenvalue weighted by atomic mass is 32.2. The molecule has 9 heteroatoms. The topological polar surface area (TPSA) is 105 Å². The highest BCUT2D eigenvalue weighted by molar-refractivity contribution is 7.92. The van der Waals surface area contributed by atoms with Crippen LogP contribution in [0.3, 0.4) is 0 Å². The van der Waals surface area contributed by atoms with Crippen LogP contribution in [0.2, 0.25) is 0 Å². The van der Waals surface area contributed by atoms with Gasteiger partial charge in [0, 0.05) is 12.2 Å². The predicted octanol–water partition coefficient (Wildman–Crippen LogP) is 2.57. The molecule has 0 spiro atoms. The van der Waals surface area contributed by atoms with Crippen LogP contribution in [0.5, 0.6) is 5.75 Å². The number of rotatable bonds is 8. The first-order chi connectivity index (χ1) is 15.9. The van der Waals surface area contributed by atoms with E-state index in [9.17, 15) is 18.0 Å².